The monoisotopic (exact) mass is 346 g/mol. The number of pyridine rings is 1. The molecule has 0 fully saturated rings. The normalized spacial score (nSPS) is 10.9. The van der Waals surface area contributed by atoms with Gasteiger partial charge in [-0.25, -0.2) is 15.0 Å². The maximum absolute atomic E-state index is 10.9. The fourth-order valence-corrected chi connectivity index (χ4v) is 3.49. The predicted molar refractivity (Wildman–Crippen MR) is 99.7 cm³/mol. The molecule has 0 aliphatic carbocycles. The van der Waals surface area contributed by atoms with Gasteiger partial charge in [0.15, 0.2) is 6.29 Å². The molecule has 2 N–H and O–H groups in total. The largest absolute Gasteiger partial charge is 0.368 e. The number of nitrogen functional groups attached to an aromatic ring is 1. The number of anilines is 1. The number of benzene rings is 1. The highest BCUT2D eigenvalue weighted by molar-refractivity contribution is 7.17. The van der Waals surface area contributed by atoms with Crippen molar-refractivity contribution in [3.63, 3.8) is 0 Å². The van der Waals surface area contributed by atoms with Crippen LogP contribution in [-0.4, -0.2) is 21.2 Å². The first kappa shape index (κ1) is 15.4. The first-order valence-corrected chi connectivity index (χ1v) is 8.57. The highest BCUT2D eigenvalue weighted by Crippen LogP contribution is 2.28. The van der Waals surface area contributed by atoms with Gasteiger partial charge < -0.3 is 5.73 Å². The van der Waals surface area contributed by atoms with Crippen molar-refractivity contribution in [1.82, 2.24) is 15.0 Å². The third-order valence-electron chi connectivity index (χ3n) is 3.84. The van der Waals surface area contributed by atoms with E-state index in [1.54, 1.807) is 6.07 Å². The van der Waals surface area contributed by atoms with Gasteiger partial charge in [-0.3, -0.25) is 4.79 Å². The van der Waals surface area contributed by atoms with Gasteiger partial charge in [0.05, 0.1) is 26.7 Å². The Hall–Kier alpha value is -3.12. The Morgan fingerprint density at radius 2 is 1.80 bits per heavy atom. The van der Waals surface area contributed by atoms with Gasteiger partial charge in [-0.05, 0) is 29.8 Å². The van der Waals surface area contributed by atoms with Gasteiger partial charge in [0, 0.05) is 6.42 Å². The standard InChI is InChI=1S/C19H14N4OS/c20-19-22-15-8-7-14(17-9-6-13(11-24)25-17)21-18(15)16(23-19)10-12-4-2-1-3-5-12/h1-9,11H,10H2,(H2,20,22,23). The molecule has 4 rings (SSSR count). The summed E-state index contributed by atoms with van der Waals surface area (Å²) in [6.07, 6.45) is 1.48. The highest BCUT2D eigenvalue weighted by Gasteiger charge is 2.12. The van der Waals surface area contributed by atoms with E-state index in [1.165, 1.54) is 11.3 Å². The van der Waals surface area contributed by atoms with Gasteiger partial charge >= 0.3 is 0 Å². The molecule has 3 heterocycles. The van der Waals surface area contributed by atoms with E-state index >= 15 is 0 Å². The molecular weight excluding hydrogens is 332 g/mol. The molecule has 0 bridgehead atoms. The Labute approximate surface area is 148 Å². The number of nitrogens with zero attached hydrogens (tertiary/aromatic N) is 3. The summed E-state index contributed by atoms with van der Waals surface area (Å²) in [5.74, 6) is 0.243. The minimum absolute atomic E-state index is 0.243. The van der Waals surface area contributed by atoms with Crippen LogP contribution < -0.4 is 5.73 Å². The molecule has 0 amide bonds. The molecule has 0 aliphatic rings. The summed E-state index contributed by atoms with van der Waals surface area (Å²) in [6, 6.07) is 17.5. The lowest BCUT2D eigenvalue weighted by atomic mass is 10.1. The topological polar surface area (TPSA) is 81.8 Å². The fourth-order valence-electron chi connectivity index (χ4n) is 2.70. The summed E-state index contributed by atoms with van der Waals surface area (Å²) < 4.78 is 0. The SMILES string of the molecule is Nc1nc(Cc2ccccc2)c2nc(-c3ccc(C=O)s3)ccc2n1. The van der Waals surface area contributed by atoms with Gasteiger partial charge in [-0.1, -0.05) is 30.3 Å². The molecule has 122 valence electrons. The second kappa shape index (κ2) is 6.41. The molecule has 4 aromatic rings. The number of carbonyl (C=O) groups is 1. The van der Waals surface area contributed by atoms with Crippen LogP contribution in [0, 0.1) is 0 Å². The van der Waals surface area contributed by atoms with Crippen LogP contribution in [0.25, 0.3) is 21.6 Å². The van der Waals surface area contributed by atoms with Crippen molar-refractivity contribution in [2.45, 2.75) is 6.42 Å². The summed E-state index contributed by atoms with van der Waals surface area (Å²) in [6.45, 7) is 0. The Bertz CT molecular complexity index is 1060. The van der Waals surface area contributed by atoms with Crippen molar-refractivity contribution in [2.24, 2.45) is 0 Å². The average molecular weight is 346 g/mol. The number of nitrogens with two attached hydrogens (primary N) is 1. The predicted octanol–water partition coefficient (Wildman–Crippen LogP) is 3.74. The molecule has 0 unspecified atom stereocenters. The Morgan fingerprint density at radius 1 is 0.960 bits per heavy atom. The van der Waals surface area contributed by atoms with Crippen molar-refractivity contribution < 1.29 is 4.79 Å². The van der Waals surface area contributed by atoms with Gasteiger partial charge in [-0.15, -0.1) is 11.3 Å². The van der Waals surface area contributed by atoms with Crippen LogP contribution >= 0.6 is 11.3 Å². The van der Waals surface area contributed by atoms with E-state index < -0.39 is 0 Å². The van der Waals surface area contributed by atoms with Crippen LogP contribution in [0.5, 0.6) is 0 Å². The van der Waals surface area contributed by atoms with Gasteiger partial charge in [0.25, 0.3) is 0 Å². The molecular formula is C19H14N4OS. The van der Waals surface area contributed by atoms with Crippen molar-refractivity contribution in [2.75, 3.05) is 5.73 Å². The number of aldehydes is 1. The zero-order valence-corrected chi connectivity index (χ0v) is 14.0. The molecule has 3 aromatic heterocycles. The smallest absolute Gasteiger partial charge is 0.220 e. The molecule has 0 saturated carbocycles. The Morgan fingerprint density at radius 3 is 2.56 bits per heavy atom. The lowest BCUT2D eigenvalue weighted by Gasteiger charge is -2.07. The number of aromatic nitrogens is 3. The van der Waals surface area contributed by atoms with Crippen molar-refractivity contribution >= 4 is 34.6 Å². The molecule has 1 aromatic carbocycles. The third-order valence-corrected chi connectivity index (χ3v) is 4.87. The zero-order valence-electron chi connectivity index (χ0n) is 13.2. The molecule has 0 aliphatic heterocycles. The molecule has 0 atom stereocenters. The number of thiophene rings is 1. The van der Waals surface area contributed by atoms with Crippen LogP contribution in [0.2, 0.25) is 0 Å². The van der Waals surface area contributed by atoms with Crippen LogP contribution in [0.15, 0.2) is 54.6 Å². The lowest BCUT2D eigenvalue weighted by Crippen LogP contribution is -2.03. The minimum Gasteiger partial charge on any atom is -0.368 e. The van der Waals surface area contributed by atoms with Crippen LogP contribution in [-0.2, 0) is 6.42 Å². The first-order valence-electron chi connectivity index (χ1n) is 7.75. The zero-order chi connectivity index (χ0) is 17.2. The van der Waals surface area contributed by atoms with E-state index in [4.69, 9.17) is 10.7 Å². The van der Waals surface area contributed by atoms with Crippen LogP contribution in [0.3, 0.4) is 0 Å². The summed E-state index contributed by atoms with van der Waals surface area (Å²) in [5.41, 5.74) is 10.0. The molecule has 6 heteroatoms. The van der Waals surface area contributed by atoms with Crippen molar-refractivity contribution in [3.8, 4) is 10.6 Å². The van der Waals surface area contributed by atoms with Gasteiger partial charge in [-0.2, -0.15) is 0 Å². The number of fused-ring (bicyclic) bond motifs is 1. The van der Waals surface area contributed by atoms with E-state index in [9.17, 15) is 4.79 Å². The molecule has 0 radical (unpaired) electrons. The number of hydrogen-bond acceptors (Lipinski definition) is 6. The number of carbonyl (C=O) groups excluding carboxylic acids is 1. The van der Waals surface area contributed by atoms with E-state index in [0.29, 0.717) is 16.8 Å². The van der Waals surface area contributed by atoms with Gasteiger partial charge in [0.1, 0.15) is 5.52 Å². The molecule has 25 heavy (non-hydrogen) atoms. The quantitative estimate of drug-likeness (QED) is 0.569. The highest BCUT2D eigenvalue weighted by atomic mass is 32.1. The first-order chi connectivity index (χ1) is 12.2. The lowest BCUT2D eigenvalue weighted by molar-refractivity contribution is 0.112. The Kier molecular flexibility index (Phi) is 3.95. The molecule has 0 saturated heterocycles. The van der Waals surface area contributed by atoms with E-state index in [1.807, 2.05) is 48.5 Å². The maximum Gasteiger partial charge on any atom is 0.220 e. The second-order valence-corrected chi connectivity index (χ2v) is 6.69. The number of rotatable bonds is 4. The molecule has 0 spiro atoms. The Balaban J connectivity index is 1.83. The molecule has 5 nitrogen and oxygen atoms in total. The van der Waals surface area contributed by atoms with Crippen LogP contribution in [0.4, 0.5) is 5.95 Å². The third kappa shape index (κ3) is 3.12. The second-order valence-electron chi connectivity index (χ2n) is 5.57. The van der Waals surface area contributed by atoms with Crippen molar-refractivity contribution in [3.05, 3.63) is 70.7 Å². The van der Waals surface area contributed by atoms with Crippen LogP contribution in [0.1, 0.15) is 20.9 Å². The van der Waals surface area contributed by atoms with Gasteiger partial charge in [0.2, 0.25) is 5.95 Å². The van der Waals surface area contributed by atoms with Crippen molar-refractivity contribution in [1.29, 1.82) is 0 Å². The fraction of sp³-hybridized carbons (Fsp3) is 0.0526. The number of hydrogen-bond donors (Lipinski definition) is 1. The summed E-state index contributed by atoms with van der Waals surface area (Å²) in [7, 11) is 0. The maximum atomic E-state index is 10.9. The van der Waals surface area contributed by atoms with E-state index in [-0.39, 0.29) is 5.95 Å². The minimum atomic E-state index is 0.243. The van der Waals surface area contributed by atoms with E-state index in [0.717, 1.165) is 33.6 Å². The average Bonchev–Trinajstić information content (AvgIpc) is 3.11. The summed E-state index contributed by atoms with van der Waals surface area (Å²) >= 11 is 1.41. The summed E-state index contributed by atoms with van der Waals surface area (Å²) in [5, 5.41) is 0. The van der Waals surface area contributed by atoms with E-state index in [2.05, 4.69) is 9.97 Å². The summed E-state index contributed by atoms with van der Waals surface area (Å²) in [4.78, 5) is 26.0.